The Balaban J connectivity index is 2.02. The van der Waals surface area contributed by atoms with Gasteiger partial charge in [-0.25, -0.2) is 9.97 Å². The van der Waals surface area contributed by atoms with E-state index < -0.39 is 0 Å². The highest BCUT2D eigenvalue weighted by Gasteiger charge is 2.17. The minimum absolute atomic E-state index is 0.824. The number of nitrogens with zero attached hydrogens (tertiary/aromatic N) is 3. The fourth-order valence-electron chi connectivity index (χ4n) is 2.84. The fraction of sp³-hybridized carbons (Fsp3) is 0.412. The van der Waals surface area contributed by atoms with Gasteiger partial charge in [0.15, 0.2) is 5.82 Å². The van der Waals surface area contributed by atoms with Crippen molar-refractivity contribution in [3.05, 3.63) is 35.5 Å². The molecule has 0 bridgehead atoms. The van der Waals surface area contributed by atoms with E-state index in [0.29, 0.717) is 0 Å². The van der Waals surface area contributed by atoms with Gasteiger partial charge in [0.1, 0.15) is 5.82 Å². The summed E-state index contributed by atoms with van der Waals surface area (Å²) in [5.74, 6) is 1.82. The van der Waals surface area contributed by atoms with E-state index in [1.165, 1.54) is 29.8 Å². The topological polar surface area (TPSA) is 41.1 Å². The zero-order valence-electron chi connectivity index (χ0n) is 13.0. The monoisotopic (exact) mass is 282 g/mol. The van der Waals surface area contributed by atoms with Crippen LogP contribution in [-0.2, 0) is 12.8 Å². The first-order valence-electron chi connectivity index (χ1n) is 7.54. The molecule has 3 rings (SSSR count). The Hall–Kier alpha value is -2.10. The second-order valence-electron chi connectivity index (χ2n) is 5.72. The summed E-state index contributed by atoms with van der Waals surface area (Å²) < 4.78 is 0. The number of hydrogen-bond donors (Lipinski definition) is 1. The molecule has 1 aromatic heterocycles. The van der Waals surface area contributed by atoms with Crippen LogP contribution in [-0.4, -0.2) is 31.1 Å². The van der Waals surface area contributed by atoms with Crippen LogP contribution in [0.1, 0.15) is 24.1 Å². The summed E-state index contributed by atoms with van der Waals surface area (Å²) >= 11 is 0. The normalized spacial score (nSPS) is 13.7. The summed E-state index contributed by atoms with van der Waals surface area (Å²) in [5.41, 5.74) is 4.78. The molecule has 2 aromatic rings. The van der Waals surface area contributed by atoms with Crippen molar-refractivity contribution in [2.45, 2.75) is 25.7 Å². The molecule has 0 amide bonds. The van der Waals surface area contributed by atoms with Gasteiger partial charge in [0, 0.05) is 43.7 Å². The lowest BCUT2D eigenvalue weighted by molar-refractivity contribution is 0.665. The first-order valence-corrected chi connectivity index (χ1v) is 7.54. The van der Waals surface area contributed by atoms with E-state index in [4.69, 9.17) is 9.97 Å². The van der Waals surface area contributed by atoms with Crippen LogP contribution in [0, 0.1) is 0 Å². The van der Waals surface area contributed by atoms with Gasteiger partial charge in [-0.1, -0.05) is 0 Å². The summed E-state index contributed by atoms with van der Waals surface area (Å²) in [6, 6.07) is 8.41. The lowest BCUT2D eigenvalue weighted by Gasteiger charge is -2.19. The lowest BCUT2D eigenvalue weighted by atomic mass is 9.96. The molecule has 0 saturated carbocycles. The fourth-order valence-corrected chi connectivity index (χ4v) is 2.84. The predicted octanol–water partition coefficient (Wildman–Crippen LogP) is 3.13. The van der Waals surface area contributed by atoms with Crippen molar-refractivity contribution < 1.29 is 0 Å². The van der Waals surface area contributed by atoms with Crippen molar-refractivity contribution in [2.24, 2.45) is 0 Å². The van der Waals surface area contributed by atoms with Gasteiger partial charge in [-0.3, -0.25) is 0 Å². The second kappa shape index (κ2) is 5.72. The smallest absolute Gasteiger partial charge is 0.161 e. The molecule has 4 heteroatoms. The van der Waals surface area contributed by atoms with E-state index in [-0.39, 0.29) is 0 Å². The van der Waals surface area contributed by atoms with Crippen LogP contribution < -0.4 is 10.2 Å². The summed E-state index contributed by atoms with van der Waals surface area (Å²) in [6.45, 7) is 0. The molecular weight excluding hydrogens is 260 g/mol. The zero-order valence-corrected chi connectivity index (χ0v) is 13.0. The van der Waals surface area contributed by atoms with Crippen LogP contribution in [0.25, 0.3) is 11.4 Å². The molecule has 1 aromatic carbocycles. The summed E-state index contributed by atoms with van der Waals surface area (Å²) in [5, 5.41) is 3.24. The molecule has 0 unspecified atom stereocenters. The molecule has 0 aliphatic heterocycles. The number of hydrogen-bond acceptors (Lipinski definition) is 4. The van der Waals surface area contributed by atoms with E-state index in [0.717, 1.165) is 30.0 Å². The van der Waals surface area contributed by atoms with Crippen molar-refractivity contribution in [1.29, 1.82) is 0 Å². The van der Waals surface area contributed by atoms with Crippen molar-refractivity contribution in [3.8, 4) is 11.4 Å². The van der Waals surface area contributed by atoms with Gasteiger partial charge in [0.2, 0.25) is 0 Å². The van der Waals surface area contributed by atoms with Crippen LogP contribution in [0.15, 0.2) is 24.3 Å². The number of benzene rings is 1. The van der Waals surface area contributed by atoms with Crippen molar-refractivity contribution in [3.63, 3.8) is 0 Å². The number of anilines is 2. The molecule has 0 saturated heterocycles. The second-order valence-corrected chi connectivity index (χ2v) is 5.72. The van der Waals surface area contributed by atoms with Crippen molar-refractivity contribution in [2.75, 3.05) is 31.4 Å². The standard InChI is InChI=1S/C17H22N4/c1-18-17-14-6-4-5-7-15(14)19-16(20-17)12-8-10-13(11-9-12)21(2)3/h8-11H,4-7H2,1-3H3,(H,18,19,20). The maximum atomic E-state index is 4.80. The van der Waals surface area contributed by atoms with Crippen LogP contribution in [0.5, 0.6) is 0 Å². The number of fused-ring (bicyclic) bond motifs is 1. The summed E-state index contributed by atoms with van der Waals surface area (Å²) in [4.78, 5) is 11.6. The van der Waals surface area contributed by atoms with Gasteiger partial charge in [0.25, 0.3) is 0 Å². The lowest BCUT2D eigenvalue weighted by Crippen LogP contribution is -2.12. The molecule has 0 fully saturated rings. The summed E-state index contributed by atoms with van der Waals surface area (Å²) in [6.07, 6.45) is 4.62. The Morgan fingerprint density at radius 1 is 1.00 bits per heavy atom. The number of nitrogens with one attached hydrogen (secondary N) is 1. The van der Waals surface area contributed by atoms with Crippen LogP contribution in [0.2, 0.25) is 0 Å². The Kier molecular flexibility index (Phi) is 3.78. The predicted molar refractivity (Wildman–Crippen MR) is 88.0 cm³/mol. The van der Waals surface area contributed by atoms with Crippen molar-refractivity contribution >= 4 is 11.5 Å². The minimum atomic E-state index is 0.824. The third kappa shape index (κ3) is 2.71. The molecule has 0 spiro atoms. The highest BCUT2D eigenvalue weighted by molar-refractivity contribution is 5.63. The first kappa shape index (κ1) is 13.9. The Morgan fingerprint density at radius 2 is 1.71 bits per heavy atom. The molecule has 1 N–H and O–H groups in total. The van der Waals surface area contributed by atoms with Crippen LogP contribution in [0.4, 0.5) is 11.5 Å². The maximum Gasteiger partial charge on any atom is 0.161 e. The Morgan fingerprint density at radius 3 is 2.38 bits per heavy atom. The number of rotatable bonds is 3. The first-order chi connectivity index (χ1) is 10.2. The Bertz CT molecular complexity index is 615. The van der Waals surface area contributed by atoms with E-state index in [9.17, 15) is 0 Å². The average Bonchev–Trinajstić information content (AvgIpc) is 2.53. The summed E-state index contributed by atoms with van der Waals surface area (Å²) in [7, 11) is 6.03. The molecular formula is C17H22N4. The van der Waals surface area contributed by atoms with Crippen LogP contribution in [0.3, 0.4) is 0 Å². The van der Waals surface area contributed by atoms with E-state index in [1.807, 2.05) is 21.1 Å². The third-order valence-electron chi connectivity index (χ3n) is 4.06. The largest absolute Gasteiger partial charge is 0.378 e. The molecule has 1 aliphatic rings. The van der Waals surface area contributed by atoms with E-state index >= 15 is 0 Å². The number of aryl methyl sites for hydroxylation is 1. The molecule has 0 radical (unpaired) electrons. The zero-order chi connectivity index (χ0) is 14.8. The maximum absolute atomic E-state index is 4.80. The van der Waals surface area contributed by atoms with Gasteiger partial charge in [-0.2, -0.15) is 0 Å². The van der Waals surface area contributed by atoms with Gasteiger partial charge in [-0.05, 0) is 49.9 Å². The Labute approximate surface area is 126 Å². The van der Waals surface area contributed by atoms with Gasteiger partial charge >= 0.3 is 0 Å². The van der Waals surface area contributed by atoms with Crippen molar-refractivity contribution in [1.82, 2.24) is 9.97 Å². The van der Waals surface area contributed by atoms with E-state index in [1.54, 1.807) is 0 Å². The number of aromatic nitrogens is 2. The van der Waals surface area contributed by atoms with Gasteiger partial charge in [0.05, 0.1) is 0 Å². The average molecular weight is 282 g/mol. The third-order valence-corrected chi connectivity index (χ3v) is 4.06. The molecule has 21 heavy (non-hydrogen) atoms. The molecule has 4 nitrogen and oxygen atoms in total. The molecule has 1 aliphatic carbocycles. The minimum Gasteiger partial charge on any atom is -0.378 e. The SMILES string of the molecule is CNc1nc(-c2ccc(N(C)C)cc2)nc2c1CCCC2. The molecule has 1 heterocycles. The van der Waals surface area contributed by atoms with Gasteiger partial charge in [-0.15, -0.1) is 0 Å². The highest BCUT2D eigenvalue weighted by atomic mass is 15.1. The van der Waals surface area contributed by atoms with E-state index in [2.05, 4.69) is 34.5 Å². The molecule has 110 valence electrons. The highest BCUT2D eigenvalue weighted by Crippen LogP contribution is 2.28. The molecule has 0 atom stereocenters. The van der Waals surface area contributed by atoms with Crippen LogP contribution >= 0.6 is 0 Å². The van der Waals surface area contributed by atoms with Gasteiger partial charge < -0.3 is 10.2 Å². The quantitative estimate of drug-likeness (QED) is 0.939.